The lowest BCUT2D eigenvalue weighted by Crippen LogP contribution is -3.11. The molecular weight excluding hydrogens is 386 g/mol. The summed E-state index contributed by atoms with van der Waals surface area (Å²) in [4.78, 5) is 14.2. The molecule has 2 aromatic rings. The van der Waals surface area contributed by atoms with E-state index < -0.39 is 0 Å². The Morgan fingerprint density at radius 1 is 1.00 bits per heavy atom. The minimum atomic E-state index is -0.329. The van der Waals surface area contributed by atoms with Crippen LogP contribution in [0, 0.1) is 0 Å². The van der Waals surface area contributed by atoms with Crippen LogP contribution in [0.1, 0.15) is 35.2 Å². The number of amides is 1. The lowest BCUT2D eigenvalue weighted by molar-refractivity contribution is -0.918. The first-order chi connectivity index (χ1) is 14.1. The second-order valence-corrected chi connectivity index (χ2v) is 7.60. The molecule has 1 saturated heterocycles. The molecular formula is C22H28N3O3S+. The van der Waals surface area contributed by atoms with E-state index in [1.54, 1.807) is 37.3 Å². The summed E-state index contributed by atoms with van der Waals surface area (Å²) in [7, 11) is 3.08. The molecule has 2 aromatic carbocycles. The van der Waals surface area contributed by atoms with E-state index in [4.69, 9.17) is 21.7 Å². The zero-order valence-electron chi connectivity index (χ0n) is 16.9. The van der Waals surface area contributed by atoms with Crippen molar-refractivity contribution >= 4 is 28.9 Å². The number of carbonyl (C=O) groups excluding carboxylic acids is 1. The minimum absolute atomic E-state index is 0.242. The van der Waals surface area contributed by atoms with Crippen LogP contribution >= 0.6 is 12.2 Å². The van der Waals surface area contributed by atoms with Gasteiger partial charge in [0.15, 0.2) is 5.11 Å². The van der Waals surface area contributed by atoms with Crippen LogP contribution in [0.25, 0.3) is 0 Å². The van der Waals surface area contributed by atoms with Gasteiger partial charge < -0.3 is 19.7 Å². The molecule has 0 bridgehead atoms. The first kappa shape index (κ1) is 21.1. The minimum Gasteiger partial charge on any atom is -0.497 e. The molecule has 7 heteroatoms. The van der Waals surface area contributed by atoms with Gasteiger partial charge >= 0.3 is 0 Å². The van der Waals surface area contributed by atoms with E-state index >= 15 is 0 Å². The van der Waals surface area contributed by atoms with Crippen molar-refractivity contribution in [3.8, 4) is 11.5 Å². The van der Waals surface area contributed by atoms with Gasteiger partial charge in [0.25, 0.3) is 5.91 Å². The molecule has 29 heavy (non-hydrogen) atoms. The van der Waals surface area contributed by atoms with Crippen LogP contribution in [0.3, 0.4) is 0 Å². The van der Waals surface area contributed by atoms with Crippen LogP contribution in [-0.2, 0) is 6.54 Å². The van der Waals surface area contributed by atoms with Gasteiger partial charge in [0.2, 0.25) is 0 Å². The number of hydrogen-bond donors (Lipinski definition) is 3. The van der Waals surface area contributed by atoms with E-state index in [9.17, 15) is 4.79 Å². The van der Waals surface area contributed by atoms with E-state index in [0.717, 1.165) is 12.2 Å². The summed E-state index contributed by atoms with van der Waals surface area (Å²) < 4.78 is 10.4. The normalized spacial score (nSPS) is 14.1. The summed E-state index contributed by atoms with van der Waals surface area (Å²) in [5, 5.41) is 6.00. The van der Waals surface area contributed by atoms with E-state index in [-0.39, 0.29) is 11.0 Å². The van der Waals surface area contributed by atoms with Gasteiger partial charge in [-0.15, -0.1) is 0 Å². The van der Waals surface area contributed by atoms with E-state index in [0.29, 0.717) is 17.1 Å². The lowest BCUT2D eigenvalue weighted by Gasteiger charge is -2.23. The fraction of sp³-hybridized carbons (Fsp3) is 0.364. The van der Waals surface area contributed by atoms with Crippen molar-refractivity contribution in [2.75, 3.05) is 32.6 Å². The van der Waals surface area contributed by atoms with Crippen molar-refractivity contribution in [2.24, 2.45) is 0 Å². The van der Waals surface area contributed by atoms with Crippen molar-refractivity contribution < 1.29 is 19.2 Å². The predicted molar refractivity (Wildman–Crippen MR) is 118 cm³/mol. The van der Waals surface area contributed by atoms with Crippen LogP contribution in [0.2, 0.25) is 0 Å². The number of hydrogen-bond acceptors (Lipinski definition) is 4. The van der Waals surface area contributed by atoms with Gasteiger partial charge in [0.1, 0.15) is 18.0 Å². The Bertz CT molecular complexity index is 827. The molecule has 6 nitrogen and oxygen atoms in total. The number of benzene rings is 2. The highest BCUT2D eigenvalue weighted by molar-refractivity contribution is 7.80. The lowest BCUT2D eigenvalue weighted by atomic mass is 10.1. The number of methoxy groups -OCH3 is 2. The highest BCUT2D eigenvalue weighted by Crippen LogP contribution is 2.22. The number of anilines is 1. The second-order valence-electron chi connectivity index (χ2n) is 7.19. The Labute approximate surface area is 177 Å². The number of quaternary nitrogens is 1. The molecule has 0 unspecified atom stereocenters. The molecule has 0 aliphatic carbocycles. The maximum absolute atomic E-state index is 12.5. The van der Waals surface area contributed by atoms with Gasteiger partial charge in [-0.1, -0.05) is 12.1 Å². The summed E-state index contributed by atoms with van der Waals surface area (Å²) >= 11 is 5.29. The zero-order valence-corrected chi connectivity index (χ0v) is 17.7. The number of carbonyl (C=O) groups is 1. The summed E-state index contributed by atoms with van der Waals surface area (Å²) in [5.41, 5.74) is 2.56. The van der Waals surface area contributed by atoms with Gasteiger partial charge in [0.05, 0.1) is 27.3 Å². The van der Waals surface area contributed by atoms with Gasteiger partial charge in [0, 0.05) is 22.9 Å². The molecule has 1 amide bonds. The molecule has 0 aromatic heterocycles. The fourth-order valence-electron chi connectivity index (χ4n) is 3.50. The topological polar surface area (TPSA) is 64.0 Å². The zero-order chi connectivity index (χ0) is 20.6. The smallest absolute Gasteiger partial charge is 0.257 e. The number of rotatable bonds is 6. The number of piperidine rings is 1. The molecule has 1 aliphatic heterocycles. The summed E-state index contributed by atoms with van der Waals surface area (Å²) in [6.07, 6.45) is 4.00. The third-order valence-corrected chi connectivity index (χ3v) is 5.27. The monoisotopic (exact) mass is 414 g/mol. The average Bonchev–Trinajstić information content (AvgIpc) is 2.75. The molecule has 1 aliphatic rings. The molecule has 1 heterocycles. The van der Waals surface area contributed by atoms with Crippen LogP contribution < -0.4 is 25.0 Å². The molecule has 3 rings (SSSR count). The Morgan fingerprint density at radius 3 is 2.21 bits per heavy atom. The molecule has 0 atom stereocenters. The van der Waals surface area contributed by atoms with E-state index in [1.165, 1.54) is 37.9 Å². The Kier molecular flexibility index (Phi) is 7.43. The Balaban J connectivity index is 1.55. The third kappa shape index (κ3) is 6.17. The van der Waals surface area contributed by atoms with E-state index in [1.807, 2.05) is 12.1 Å². The fourth-order valence-corrected chi connectivity index (χ4v) is 3.71. The first-order valence-electron chi connectivity index (χ1n) is 9.85. The van der Waals surface area contributed by atoms with Gasteiger partial charge in [-0.2, -0.15) is 0 Å². The summed E-state index contributed by atoms with van der Waals surface area (Å²) in [6, 6.07) is 13.2. The largest absolute Gasteiger partial charge is 0.497 e. The Morgan fingerprint density at radius 2 is 1.62 bits per heavy atom. The van der Waals surface area contributed by atoms with Crippen molar-refractivity contribution in [3.63, 3.8) is 0 Å². The highest BCUT2D eigenvalue weighted by Gasteiger charge is 2.14. The molecule has 154 valence electrons. The number of ether oxygens (including phenoxy) is 2. The van der Waals surface area contributed by atoms with Crippen molar-refractivity contribution in [1.82, 2.24) is 5.32 Å². The van der Waals surface area contributed by atoms with Crippen molar-refractivity contribution in [1.29, 1.82) is 0 Å². The van der Waals surface area contributed by atoms with Crippen LogP contribution in [0.5, 0.6) is 11.5 Å². The Hall–Kier alpha value is -2.64. The molecule has 0 saturated carbocycles. The number of nitrogens with one attached hydrogen (secondary N) is 3. The van der Waals surface area contributed by atoms with Crippen LogP contribution in [0.15, 0.2) is 42.5 Å². The molecule has 0 radical (unpaired) electrons. The van der Waals surface area contributed by atoms with Crippen LogP contribution in [-0.4, -0.2) is 38.3 Å². The summed E-state index contributed by atoms with van der Waals surface area (Å²) in [5.74, 6) is 0.754. The molecule has 1 fully saturated rings. The quantitative estimate of drug-likeness (QED) is 0.634. The average molecular weight is 415 g/mol. The third-order valence-electron chi connectivity index (χ3n) is 5.07. The van der Waals surface area contributed by atoms with Gasteiger partial charge in [-0.3, -0.25) is 10.1 Å². The van der Waals surface area contributed by atoms with E-state index in [2.05, 4.69) is 22.8 Å². The highest BCUT2D eigenvalue weighted by atomic mass is 32.1. The molecule has 3 N–H and O–H groups in total. The number of thiocarbonyl (C=S) groups is 1. The van der Waals surface area contributed by atoms with Crippen molar-refractivity contribution in [3.05, 3.63) is 53.6 Å². The predicted octanol–water partition coefficient (Wildman–Crippen LogP) is 2.40. The van der Waals surface area contributed by atoms with Gasteiger partial charge in [-0.25, -0.2) is 0 Å². The van der Waals surface area contributed by atoms with Crippen molar-refractivity contribution in [2.45, 2.75) is 25.8 Å². The van der Waals surface area contributed by atoms with Crippen LogP contribution in [0.4, 0.5) is 5.69 Å². The first-order valence-corrected chi connectivity index (χ1v) is 10.3. The SMILES string of the molecule is COc1cc(OC)cc(C(=O)NC(=S)Nc2ccc(C[NH+]3CCCCC3)cc2)c1. The second kappa shape index (κ2) is 10.2. The number of likely N-dealkylation sites (tertiary alicyclic amines) is 1. The maximum atomic E-state index is 12.5. The van der Waals surface area contributed by atoms with Gasteiger partial charge in [-0.05, 0) is 55.7 Å². The maximum Gasteiger partial charge on any atom is 0.257 e. The summed E-state index contributed by atoms with van der Waals surface area (Å²) in [6.45, 7) is 3.56. The standard InChI is InChI=1S/C22H27N3O3S/c1-27-19-12-17(13-20(14-19)28-2)21(26)24-22(29)23-18-8-6-16(7-9-18)15-25-10-4-3-5-11-25/h6-9,12-14H,3-5,10-11,15H2,1-2H3,(H2,23,24,26,29)/p+1. The molecule has 0 spiro atoms.